The minimum atomic E-state index is -0.896. The van der Waals surface area contributed by atoms with E-state index in [0.29, 0.717) is 0 Å². The summed E-state index contributed by atoms with van der Waals surface area (Å²) in [6.45, 7) is 5.48. The van der Waals surface area contributed by atoms with Gasteiger partial charge in [0.05, 0.1) is 0 Å². The molecule has 1 aliphatic rings. The zero-order chi connectivity index (χ0) is 18.8. The van der Waals surface area contributed by atoms with E-state index in [0.717, 1.165) is 15.1 Å². The molecular formula is C20H21NO4Se. The predicted molar refractivity (Wildman–Crippen MR) is 99.0 cm³/mol. The Hall–Kier alpha value is -2.30. The Bertz CT molecular complexity index is 788. The van der Waals surface area contributed by atoms with E-state index in [4.69, 9.17) is 9.57 Å². The summed E-state index contributed by atoms with van der Waals surface area (Å²) in [5.74, 6) is -0.418. The first kappa shape index (κ1) is 18.5. The fraction of sp³-hybridized carbons (Fsp3) is 0.300. The minimum absolute atomic E-state index is 0.139. The third-order valence-corrected chi connectivity index (χ3v) is 6.67. The number of carbonyl (C=O) groups excluding carboxylic acids is 2. The van der Waals surface area contributed by atoms with E-state index < -0.39 is 22.0 Å². The Kier molecular flexibility index (Phi) is 5.08. The van der Waals surface area contributed by atoms with Gasteiger partial charge in [0.15, 0.2) is 0 Å². The Labute approximate surface area is 159 Å². The zero-order valence-electron chi connectivity index (χ0n) is 15.0. The van der Waals surface area contributed by atoms with Gasteiger partial charge in [-0.25, -0.2) is 0 Å². The van der Waals surface area contributed by atoms with Crippen molar-refractivity contribution < 1.29 is 19.2 Å². The van der Waals surface area contributed by atoms with Crippen LogP contribution < -0.4 is 4.46 Å². The van der Waals surface area contributed by atoms with Crippen molar-refractivity contribution in [2.24, 2.45) is 0 Å². The molecular weight excluding hydrogens is 397 g/mol. The fourth-order valence-corrected chi connectivity index (χ4v) is 5.25. The zero-order valence-corrected chi connectivity index (χ0v) is 16.7. The fourth-order valence-electron chi connectivity index (χ4n) is 2.63. The topological polar surface area (TPSA) is 55.8 Å². The first-order valence-corrected chi connectivity index (χ1v) is 10.0. The van der Waals surface area contributed by atoms with Crippen LogP contribution in [-0.2, 0) is 18.7 Å². The van der Waals surface area contributed by atoms with Crippen LogP contribution in [0, 0.1) is 0 Å². The van der Waals surface area contributed by atoms with Gasteiger partial charge in [-0.15, -0.1) is 0 Å². The summed E-state index contributed by atoms with van der Waals surface area (Å²) in [5, 5.41) is 1.05. The van der Waals surface area contributed by atoms with Gasteiger partial charge in [-0.05, 0) is 0 Å². The van der Waals surface area contributed by atoms with E-state index >= 15 is 0 Å². The first-order valence-electron chi connectivity index (χ1n) is 8.33. The molecule has 1 aliphatic heterocycles. The molecule has 0 aromatic heterocycles. The molecule has 0 aliphatic carbocycles. The molecule has 1 amide bonds. The Balaban J connectivity index is 1.94. The van der Waals surface area contributed by atoms with Crippen molar-refractivity contribution in [3.8, 4) is 0 Å². The van der Waals surface area contributed by atoms with Gasteiger partial charge in [0.25, 0.3) is 0 Å². The average molecular weight is 418 g/mol. The van der Waals surface area contributed by atoms with Gasteiger partial charge in [-0.2, -0.15) is 0 Å². The quantitative estimate of drug-likeness (QED) is 0.720. The van der Waals surface area contributed by atoms with E-state index in [1.807, 2.05) is 60.7 Å². The van der Waals surface area contributed by atoms with E-state index in [9.17, 15) is 9.59 Å². The van der Waals surface area contributed by atoms with Crippen molar-refractivity contribution in [1.82, 2.24) is 5.06 Å². The molecule has 0 spiro atoms. The van der Waals surface area contributed by atoms with Gasteiger partial charge >= 0.3 is 159 Å². The number of ether oxygens (including phenoxy) is 1. The second kappa shape index (κ2) is 7.14. The van der Waals surface area contributed by atoms with Gasteiger partial charge < -0.3 is 0 Å². The van der Waals surface area contributed by atoms with E-state index in [2.05, 4.69) is 0 Å². The van der Waals surface area contributed by atoms with Gasteiger partial charge in [-0.3, -0.25) is 0 Å². The number of hydroxylamine groups is 2. The summed E-state index contributed by atoms with van der Waals surface area (Å²) in [7, 11) is 0. The molecule has 0 N–H and O–H groups in total. The summed E-state index contributed by atoms with van der Waals surface area (Å²) in [4.78, 5) is 30.7. The van der Waals surface area contributed by atoms with Crippen molar-refractivity contribution in [3.05, 3.63) is 66.2 Å². The number of nitrogens with zero attached hydrogens (tertiary/aromatic N) is 1. The van der Waals surface area contributed by atoms with Crippen molar-refractivity contribution >= 4 is 31.5 Å². The maximum absolute atomic E-state index is 12.9. The van der Waals surface area contributed by atoms with Crippen LogP contribution in [0.5, 0.6) is 0 Å². The summed E-state index contributed by atoms with van der Waals surface area (Å²) >= 11 is -0.260. The van der Waals surface area contributed by atoms with E-state index in [1.54, 1.807) is 20.8 Å². The van der Waals surface area contributed by atoms with Crippen LogP contribution >= 0.6 is 0 Å². The molecule has 2 aromatic rings. The number of rotatable bonds is 3. The third kappa shape index (κ3) is 3.92. The van der Waals surface area contributed by atoms with E-state index in [1.165, 1.54) is 0 Å². The van der Waals surface area contributed by atoms with Gasteiger partial charge in [-0.1, -0.05) is 0 Å². The van der Waals surface area contributed by atoms with Crippen LogP contribution in [0.25, 0.3) is 0 Å². The van der Waals surface area contributed by atoms with Crippen molar-refractivity contribution in [1.29, 1.82) is 0 Å². The molecule has 1 saturated heterocycles. The van der Waals surface area contributed by atoms with Crippen LogP contribution in [0.3, 0.4) is 0 Å². The van der Waals surface area contributed by atoms with Crippen LogP contribution in [-0.4, -0.2) is 44.2 Å². The van der Waals surface area contributed by atoms with Crippen molar-refractivity contribution in [2.75, 3.05) is 6.54 Å². The van der Waals surface area contributed by atoms with Gasteiger partial charge in [0, 0.05) is 0 Å². The van der Waals surface area contributed by atoms with Crippen LogP contribution in [0.4, 0.5) is 4.79 Å². The molecule has 1 fully saturated rings. The third-order valence-electron chi connectivity index (χ3n) is 3.76. The summed E-state index contributed by atoms with van der Waals surface area (Å²) in [5.41, 5.74) is 0.186. The molecule has 1 heterocycles. The Morgan fingerprint density at radius 3 is 2.23 bits per heavy atom. The molecule has 3 rings (SSSR count). The molecule has 0 bridgehead atoms. The standard InChI is InChI=1S/C20H21NO4Se/c1-19(2,3)24-18(23)21-14-20(17(22)25-21,15-10-6-4-7-11-15)26-16-12-8-5-9-13-16/h4-13H,14H2,1-3H3. The monoisotopic (exact) mass is 419 g/mol. The average Bonchev–Trinajstić information content (AvgIpc) is 2.93. The Morgan fingerprint density at radius 2 is 1.65 bits per heavy atom. The second-order valence-electron chi connectivity index (χ2n) is 7.00. The number of benzene rings is 2. The number of amides is 1. The van der Waals surface area contributed by atoms with E-state index in [-0.39, 0.29) is 21.5 Å². The van der Waals surface area contributed by atoms with Gasteiger partial charge in [0.2, 0.25) is 0 Å². The summed E-state index contributed by atoms with van der Waals surface area (Å²) in [6.07, 6.45) is -0.646. The molecule has 26 heavy (non-hydrogen) atoms. The SMILES string of the molecule is CC(C)(C)OC(=O)N1CC([Se]c2ccccc2)(c2ccccc2)C(=O)O1. The molecule has 136 valence electrons. The maximum atomic E-state index is 12.9. The molecule has 0 saturated carbocycles. The first-order chi connectivity index (χ1) is 12.3. The Morgan fingerprint density at radius 1 is 1.08 bits per heavy atom. The number of carbonyl (C=O) groups is 2. The van der Waals surface area contributed by atoms with Crippen LogP contribution in [0.1, 0.15) is 26.3 Å². The molecule has 1 atom stereocenters. The van der Waals surface area contributed by atoms with Gasteiger partial charge in [0.1, 0.15) is 0 Å². The summed E-state index contributed by atoms with van der Waals surface area (Å²) < 4.78 is 5.53. The number of hydrogen-bond donors (Lipinski definition) is 0. The molecule has 5 nitrogen and oxygen atoms in total. The molecule has 6 heteroatoms. The summed E-state index contributed by atoms with van der Waals surface area (Å²) in [6, 6.07) is 19.3. The van der Waals surface area contributed by atoms with Crippen LogP contribution in [0.2, 0.25) is 0 Å². The molecule has 2 aromatic carbocycles. The normalized spacial score (nSPS) is 20.0. The van der Waals surface area contributed by atoms with Crippen molar-refractivity contribution in [3.63, 3.8) is 0 Å². The molecule has 0 radical (unpaired) electrons. The predicted octanol–water partition coefficient (Wildman–Crippen LogP) is 2.62. The second-order valence-corrected chi connectivity index (χ2v) is 9.88. The number of hydrogen-bond acceptors (Lipinski definition) is 4. The molecule has 1 unspecified atom stereocenters. The van der Waals surface area contributed by atoms with Crippen LogP contribution in [0.15, 0.2) is 60.7 Å². The van der Waals surface area contributed by atoms with Crippen molar-refractivity contribution in [2.45, 2.75) is 30.7 Å².